The SMILES string of the molecule is CC1CCC(OC(C)(C)O)O1. The molecule has 1 N–H and O–H groups in total. The van der Waals surface area contributed by atoms with E-state index < -0.39 is 5.79 Å². The van der Waals surface area contributed by atoms with Crippen LogP contribution in [0, 0.1) is 0 Å². The number of aliphatic hydroxyl groups is 1. The normalized spacial score (nSPS) is 32.7. The molecule has 0 bridgehead atoms. The van der Waals surface area contributed by atoms with Gasteiger partial charge in [0.05, 0.1) is 6.10 Å². The first-order valence-electron chi connectivity index (χ1n) is 4.03. The topological polar surface area (TPSA) is 38.7 Å². The van der Waals surface area contributed by atoms with E-state index >= 15 is 0 Å². The Kier molecular flexibility index (Phi) is 2.52. The van der Waals surface area contributed by atoms with Crippen LogP contribution in [-0.4, -0.2) is 23.3 Å². The van der Waals surface area contributed by atoms with Crippen LogP contribution in [0.5, 0.6) is 0 Å². The predicted octanol–water partition coefficient (Wildman–Crippen LogP) is 1.26. The number of ether oxygens (including phenoxy) is 2. The van der Waals surface area contributed by atoms with Gasteiger partial charge in [-0.2, -0.15) is 0 Å². The summed E-state index contributed by atoms with van der Waals surface area (Å²) in [5.74, 6) is -1.07. The van der Waals surface area contributed by atoms with Crippen molar-refractivity contribution >= 4 is 0 Å². The molecule has 1 aliphatic heterocycles. The van der Waals surface area contributed by atoms with E-state index in [-0.39, 0.29) is 12.4 Å². The van der Waals surface area contributed by atoms with Crippen LogP contribution in [0.2, 0.25) is 0 Å². The van der Waals surface area contributed by atoms with E-state index in [0.717, 1.165) is 12.8 Å². The standard InChI is InChI=1S/C8H16O3/c1-6-4-5-7(10-6)11-8(2,3)9/h6-7,9H,4-5H2,1-3H3. The molecule has 1 heterocycles. The molecule has 0 aliphatic carbocycles. The molecule has 0 aromatic heterocycles. The summed E-state index contributed by atoms with van der Waals surface area (Å²) >= 11 is 0. The highest BCUT2D eigenvalue weighted by Crippen LogP contribution is 2.23. The molecule has 1 aliphatic rings. The highest BCUT2D eigenvalue weighted by atomic mass is 16.7. The van der Waals surface area contributed by atoms with Crippen molar-refractivity contribution in [1.29, 1.82) is 0 Å². The van der Waals surface area contributed by atoms with Gasteiger partial charge >= 0.3 is 0 Å². The Hall–Kier alpha value is -0.120. The third kappa shape index (κ3) is 3.18. The molecule has 1 rings (SSSR count). The summed E-state index contributed by atoms with van der Waals surface area (Å²) in [6, 6.07) is 0. The van der Waals surface area contributed by atoms with E-state index in [1.165, 1.54) is 0 Å². The average molecular weight is 160 g/mol. The molecule has 2 atom stereocenters. The molecule has 1 saturated heterocycles. The maximum Gasteiger partial charge on any atom is 0.162 e. The van der Waals surface area contributed by atoms with Crippen LogP contribution in [0.15, 0.2) is 0 Å². The Morgan fingerprint density at radius 3 is 2.45 bits per heavy atom. The monoisotopic (exact) mass is 160 g/mol. The molecular formula is C8H16O3. The second-order valence-electron chi connectivity index (χ2n) is 3.52. The Morgan fingerprint density at radius 2 is 2.09 bits per heavy atom. The lowest BCUT2D eigenvalue weighted by Gasteiger charge is -2.22. The van der Waals surface area contributed by atoms with Crippen LogP contribution in [-0.2, 0) is 9.47 Å². The molecule has 0 aromatic carbocycles. The van der Waals surface area contributed by atoms with E-state index in [1.54, 1.807) is 13.8 Å². The highest BCUT2D eigenvalue weighted by molar-refractivity contribution is 4.65. The third-order valence-corrected chi connectivity index (χ3v) is 1.61. The van der Waals surface area contributed by atoms with Gasteiger partial charge in [0.15, 0.2) is 12.1 Å². The van der Waals surface area contributed by atoms with Gasteiger partial charge in [0, 0.05) is 6.42 Å². The van der Waals surface area contributed by atoms with Gasteiger partial charge in [-0.1, -0.05) is 0 Å². The third-order valence-electron chi connectivity index (χ3n) is 1.61. The van der Waals surface area contributed by atoms with Gasteiger partial charge in [0.2, 0.25) is 0 Å². The Bertz CT molecular complexity index is 128. The van der Waals surface area contributed by atoms with Crippen LogP contribution in [0.3, 0.4) is 0 Å². The molecular weight excluding hydrogens is 144 g/mol. The summed E-state index contributed by atoms with van der Waals surface area (Å²) in [7, 11) is 0. The molecule has 3 heteroatoms. The minimum Gasteiger partial charge on any atom is -0.366 e. The number of rotatable bonds is 2. The van der Waals surface area contributed by atoms with Crippen molar-refractivity contribution in [3.8, 4) is 0 Å². The van der Waals surface area contributed by atoms with Crippen LogP contribution < -0.4 is 0 Å². The molecule has 0 spiro atoms. The summed E-state index contributed by atoms with van der Waals surface area (Å²) in [5, 5.41) is 9.26. The van der Waals surface area contributed by atoms with E-state index in [1.807, 2.05) is 6.92 Å². The largest absolute Gasteiger partial charge is 0.366 e. The summed E-state index contributed by atoms with van der Waals surface area (Å²) in [6.07, 6.45) is 1.94. The van der Waals surface area contributed by atoms with Crippen molar-refractivity contribution < 1.29 is 14.6 Å². The number of hydrogen-bond donors (Lipinski definition) is 1. The molecule has 0 amide bonds. The van der Waals surface area contributed by atoms with Gasteiger partial charge in [-0.3, -0.25) is 0 Å². The second kappa shape index (κ2) is 3.09. The Labute approximate surface area is 67.3 Å². The van der Waals surface area contributed by atoms with Crippen molar-refractivity contribution in [2.75, 3.05) is 0 Å². The lowest BCUT2D eigenvalue weighted by molar-refractivity contribution is -0.267. The molecule has 0 saturated carbocycles. The molecule has 1 fully saturated rings. The quantitative estimate of drug-likeness (QED) is 0.618. The summed E-state index contributed by atoms with van der Waals surface area (Å²) in [6.45, 7) is 5.23. The van der Waals surface area contributed by atoms with Gasteiger partial charge < -0.3 is 14.6 Å². The van der Waals surface area contributed by atoms with Gasteiger partial charge in [0.25, 0.3) is 0 Å². The first kappa shape index (κ1) is 8.97. The minimum absolute atomic E-state index is 0.218. The van der Waals surface area contributed by atoms with Crippen LogP contribution in [0.25, 0.3) is 0 Å². The summed E-state index contributed by atoms with van der Waals surface area (Å²) in [5.41, 5.74) is 0. The fourth-order valence-electron chi connectivity index (χ4n) is 1.17. The first-order valence-corrected chi connectivity index (χ1v) is 4.03. The Balaban J connectivity index is 2.29. The molecule has 0 radical (unpaired) electrons. The fourth-order valence-corrected chi connectivity index (χ4v) is 1.17. The zero-order valence-electron chi connectivity index (χ0n) is 7.33. The van der Waals surface area contributed by atoms with Crippen molar-refractivity contribution in [1.82, 2.24) is 0 Å². The molecule has 2 unspecified atom stereocenters. The molecule has 3 nitrogen and oxygen atoms in total. The van der Waals surface area contributed by atoms with Gasteiger partial charge in [-0.25, -0.2) is 0 Å². The minimum atomic E-state index is -1.07. The fraction of sp³-hybridized carbons (Fsp3) is 1.00. The smallest absolute Gasteiger partial charge is 0.162 e. The van der Waals surface area contributed by atoms with E-state index in [4.69, 9.17) is 9.47 Å². The molecule has 11 heavy (non-hydrogen) atoms. The second-order valence-corrected chi connectivity index (χ2v) is 3.52. The van der Waals surface area contributed by atoms with Gasteiger partial charge in [-0.05, 0) is 27.2 Å². The first-order chi connectivity index (χ1) is 4.97. The van der Waals surface area contributed by atoms with Gasteiger partial charge in [-0.15, -0.1) is 0 Å². The lowest BCUT2D eigenvalue weighted by Crippen LogP contribution is -2.30. The van der Waals surface area contributed by atoms with Crippen molar-refractivity contribution in [2.45, 2.75) is 51.8 Å². The Morgan fingerprint density at radius 1 is 1.45 bits per heavy atom. The van der Waals surface area contributed by atoms with E-state index in [2.05, 4.69) is 0 Å². The van der Waals surface area contributed by atoms with Crippen LogP contribution in [0.4, 0.5) is 0 Å². The van der Waals surface area contributed by atoms with Crippen molar-refractivity contribution in [2.24, 2.45) is 0 Å². The van der Waals surface area contributed by atoms with E-state index in [9.17, 15) is 5.11 Å². The highest BCUT2D eigenvalue weighted by Gasteiger charge is 2.27. The predicted molar refractivity (Wildman–Crippen MR) is 41.0 cm³/mol. The van der Waals surface area contributed by atoms with E-state index in [0.29, 0.717) is 0 Å². The van der Waals surface area contributed by atoms with Gasteiger partial charge in [0.1, 0.15) is 0 Å². The molecule has 0 aromatic rings. The summed E-state index contributed by atoms with van der Waals surface area (Å²) < 4.78 is 10.6. The lowest BCUT2D eigenvalue weighted by atomic mass is 10.2. The zero-order chi connectivity index (χ0) is 8.48. The maximum absolute atomic E-state index is 9.26. The summed E-state index contributed by atoms with van der Waals surface area (Å²) in [4.78, 5) is 0. The van der Waals surface area contributed by atoms with Crippen LogP contribution in [0.1, 0.15) is 33.6 Å². The average Bonchev–Trinajstić information content (AvgIpc) is 2.10. The van der Waals surface area contributed by atoms with Crippen LogP contribution >= 0.6 is 0 Å². The van der Waals surface area contributed by atoms with Crippen molar-refractivity contribution in [3.63, 3.8) is 0 Å². The maximum atomic E-state index is 9.26. The van der Waals surface area contributed by atoms with Crippen molar-refractivity contribution in [3.05, 3.63) is 0 Å². The zero-order valence-corrected chi connectivity index (χ0v) is 7.33. The molecule has 66 valence electrons. The number of hydrogen-bond acceptors (Lipinski definition) is 3.